The topological polar surface area (TPSA) is 93.8 Å². The van der Waals surface area contributed by atoms with Crippen LogP contribution in [0.3, 0.4) is 0 Å². The largest absolute Gasteiger partial charge is 0.354 e. The molecule has 1 aliphatic heterocycles. The minimum absolute atomic E-state index is 0.0276. The first-order chi connectivity index (χ1) is 13.3. The van der Waals surface area contributed by atoms with Crippen LogP contribution in [-0.2, 0) is 11.3 Å². The molecule has 140 valence electrons. The number of hydrogen-bond acceptors (Lipinski definition) is 6. The lowest BCUT2D eigenvalue weighted by atomic mass is 9.97. The third-order valence-electron chi connectivity index (χ3n) is 4.74. The van der Waals surface area contributed by atoms with E-state index < -0.39 is 0 Å². The van der Waals surface area contributed by atoms with Gasteiger partial charge in [0.1, 0.15) is 12.7 Å². The molecule has 0 bridgehead atoms. The molecule has 0 aliphatic carbocycles. The molecule has 1 aliphatic rings. The molecule has 27 heavy (non-hydrogen) atoms. The van der Waals surface area contributed by atoms with Gasteiger partial charge in [-0.1, -0.05) is 0 Å². The van der Waals surface area contributed by atoms with E-state index in [4.69, 9.17) is 0 Å². The average molecular weight is 366 g/mol. The Morgan fingerprint density at radius 3 is 2.74 bits per heavy atom. The number of piperidine rings is 1. The van der Waals surface area contributed by atoms with Gasteiger partial charge in [0.05, 0.1) is 5.92 Å². The van der Waals surface area contributed by atoms with Crippen molar-refractivity contribution in [3.8, 4) is 5.82 Å². The summed E-state index contributed by atoms with van der Waals surface area (Å²) in [6.07, 6.45) is 8.89. The van der Waals surface area contributed by atoms with Crippen molar-refractivity contribution >= 4 is 11.7 Å². The Labute approximate surface area is 157 Å². The van der Waals surface area contributed by atoms with Gasteiger partial charge in [-0.05, 0) is 37.1 Å². The van der Waals surface area contributed by atoms with Crippen molar-refractivity contribution in [2.45, 2.75) is 19.4 Å². The molecule has 3 aromatic heterocycles. The number of carbonyl (C=O) groups is 1. The summed E-state index contributed by atoms with van der Waals surface area (Å²) in [7, 11) is 0. The van der Waals surface area contributed by atoms with E-state index in [0.717, 1.165) is 31.7 Å². The van der Waals surface area contributed by atoms with E-state index in [1.54, 1.807) is 11.0 Å². The van der Waals surface area contributed by atoms with Gasteiger partial charge in [-0.15, -0.1) is 10.2 Å². The summed E-state index contributed by atoms with van der Waals surface area (Å²) < 4.78 is 3.62. The Bertz CT molecular complexity index is 844. The van der Waals surface area contributed by atoms with E-state index in [-0.39, 0.29) is 11.8 Å². The number of hydrogen-bond donors (Lipinski definition) is 1. The maximum atomic E-state index is 12.5. The Morgan fingerprint density at radius 2 is 2.00 bits per heavy atom. The molecule has 1 saturated heterocycles. The molecule has 1 amide bonds. The number of amides is 1. The second kappa shape index (κ2) is 7.98. The van der Waals surface area contributed by atoms with Gasteiger partial charge in [0.15, 0.2) is 11.6 Å². The predicted molar refractivity (Wildman–Crippen MR) is 99.3 cm³/mol. The zero-order valence-electron chi connectivity index (χ0n) is 15.0. The van der Waals surface area contributed by atoms with Gasteiger partial charge in [0.25, 0.3) is 0 Å². The fraction of sp³-hybridized carbons (Fsp3) is 0.389. The van der Waals surface area contributed by atoms with Crippen LogP contribution < -0.4 is 10.2 Å². The smallest absolute Gasteiger partial charge is 0.224 e. The van der Waals surface area contributed by atoms with Gasteiger partial charge < -0.3 is 14.8 Å². The monoisotopic (exact) mass is 366 g/mol. The van der Waals surface area contributed by atoms with E-state index in [0.29, 0.717) is 18.9 Å². The lowest BCUT2D eigenvalue weighted by molar-refractivity contribution is -0.125. The molecule has 0 radical (unpaired) electrons. The minimum Gasteiger partial charge on any atom is -0.354 e. The van der Waals surface area contributed by atoms with Gasteiger partial charge in [-0.25, -0.2) is 9.67 Å². The highest BCUT2D eigenvalue weighted by atomic mass is 16.1. The maximum absolute atomic E-state index is 12.5. The molecular weight excluding hydrogens is 344 g/mol. The molecule has 4 heterocycles. The van der Waals surface area contributed by atoms with Crippen LogP contribution >= 0.6 is 0 Å². The summed E-state index contributed by atoms with van der Waals surface area (Å²) in [6.45, 7) is 2.96. The van der Waals surface area contributed by atoms with Crippen molar-refractivity contribution in [2.24, 2.45) is 5.92 Å². The summed E-state index contributed by atoms with van der Waals surface area (Å²) in [4.78, 5) is 18.5. The molecule has 9 nitrogen and oxygen atoms in total. The third kappa shape index (κ3) is 4.13. The summed E-state index contributed by atoms with van der Waals surface area (Å²) in [5.41, 5.74) is 0. The molecule has 4 rings (SSSR count). The molecule has 0 saturated carbocycles. The second-order valence-corrected chi connectivity index (χ2v) is 6.59. The minimum atomic E-state index is -0.0276. The summed E-state index contributed by atoms with van der Waals surface area (Å²) >= 11 is 0. The second-order valence-electron chi connectivity index (χ2n) is 6.59. The average Bonchev–Trinajstić information content (AvgIpc) is 3.42. The number of rotatable bonds is 6. The van der Waals surface area contributed by atoms with Gasteiger partial charge in [-0.3, -0.25) is 4.79 Å². The molecule has 1 atom stereocenters. The van der Waals surface area contributed by atoms with E-state index in [2.05, 4.69) is 35.1 Å². The van der Waals surface area contributed by atoms with Gasteiger partial charge in [0, 0.05) is 38.6 Å². The fourth-order valence-electron chi connectivity index (χ4n) is 3.31. The van der Waals surface area contributed by atoms with Crippen LogP contribution in [0.2, 0.25) is 0 Å². The van der Waals surface area contributed by atoms with Gasteiger partial charge >= 0.3 is 0 Å². The van der Waals surface area contributed by atoms with E-state index in [1.807, 2.05) is 36.7 Å². The lowest BCUT2D eigenvalue weighted by Gasteiger charge is -2.32. The van der Waals surface area contributed by atoms with Crippen molar-refractivity contribution in [1.82, 2.24) is 34.8 Å². The molecule has 0 aromatic carbocycles. The van der Waals surface area contributed by atoms with Crippen molar-refractivity contribution in [3.63, 3.8) is 0 Å². The Balaban J connectivity index is 1.32. The van der Waals surface area contributed by atoms with Crippen molar-refractivity contribution in [2.75, 3.05) is 24.5 Å². The van der Waals surface area contributed by atoms with Crippen LogP contribution in [0, 0.1) is 5.92 Å². The molecule has 3 aromatic rings. The Hall–Kier alpha value is -3.23. The number of nitrogens with zero attached hydrogens (tertiary/aromatic N) is 7. The van der Waals surface area contributed by atoms with E-state index in [1.165, 1.54) is 6.33 Å². The highest BCUT2D eigenvalue weighted by molar-refractivity contribution is 5.79. The zero-order valence-corrected chi connectivity index (χ0v) is 15.0. The quantitative estimate of drug-likeness (QED) is 0.696. The standard InChI is InChI=1S/C18H22N8O/c27-18(20-7-11-24-8-1-2-9-24)15-4-3-10-25(12-15)16-5-6-17(23-22-16)26-14-19-13-21-26/h1-2,5-6,8-9,13-15H,3-4,7,10-12H2,(H,20,27). The molecule has 9 heteroatoms. The van der Waals surface area contributed by atoms with Crippen LogP contribution in [0.15, 0.2) is 49.3 Å². The Morgan fingerprint density at radius 1 is 1.19 bits per heavy atom. The molecule has 1 N–H and O–H groups in total. The number of nitrogens with one attached hydrogen (secondary N) is 1. The normalized spacial score (nSPS) is 17.0. The zero-order chi connectivity index (χ0) is 18.5. The Kier molecular flexibility index (Phi) is 5.08. The van der Waals surface area contributed by atoms with Gasteiger partial charge in [0.2, 0.25) is 5.91 Å². The molecule has 1 unspecified atom stereocenters. The van der Waals surface area contributed by atoms with Crippen molar-refractivity contribution < 1.29 is 4.79 Å². The van der Waals surface area contributed by atoms with Crippen LogP contribution in [0.5, 0.6) is 0 Å². The first-order valence-electron chi connectivity index (χ1n) is 9.12. The molecular formula is C18H22N8O. The maximum Gasteiger partial charge on any atom is 0.224 e. The van der Waals surface area contributed by atoms with Crippen LogP contribution in [0.4, 0.5) is 5.82 Å². The predicted octanol–water partition coefficient (Wildman–Crippen LogP) is 0.892. The molecule has 0 spiro atoms. The highest BCUT2D eigenvalue weighted by Gasteiger charge is 2.26. The van der Waals surface area contributed by atoms with Crippen LogP contribution in [0.25, 0.3) is 5.82 Å². The summed E-state index contributed by atoms with van der Waals surface area (Å²) in [6, 6.07) is 7.74. The van der Waals surface area contributed by atoms with E-state index in [9.17, 15) is 4.79 Å². The summed E-state index contributed by atoms with van der Waals surface area (Å²) in [5, 5.41) is 15.6. The molecule has 1 fully saturated rings. The van der Waals surface area contributed by atoms with Crippen molar-refractivity contribution in [1.29, 1.82) is 0 Å². The summed E-state index contributed by atoms with van der Waals surface area (Å²) in [5.74, 6) is 1.48. The van der Waals surface area contributed by atoms with Crippen LogP contribution in [0.1, 0.15) is 12.8 Å². The number of aromatic nitrogens is 6. The van der Waals surface area contributed by atoms with Crippen LogP contribution in [-0.4, -0.2) is 55.1 Å². The number of anilines is 1. The third-order valence-corrected chi connectivity index (χ3v) is 4.74. The van der Waals surface area contributed by atoms with Crippen molar-refractivity contribution in [3.05, 3.63) is 49.3 Å². The van der Waals surface area contributed by atoms with Gasteiger partial charge in [-0.2, -0.15) is 5.10 Å². The lowest BCUT2D eigenvalue weighted by Crippen LogP contribution is -2.44. The first-order valence-corrected chi connectivity index (χ1v) is 9.12. The number of carbonyl (C=O) groups excluding carboxylic acids is 1. The van der Waals surface area contributed by atoms with E-state index >= 15 is 0 Å². The SMILES string of the molecule is O=C(NCCn1cccc1)C1CCCN(c2ccc(-n3cncn3)nn2)C1. The first kappa shape index (κ1) is 17.2. The highest BCUT2D eigenvalue weighted by Crippen LogP contribution is 2.21. The fourth-order valence-corrected chi connectivity index (χ4v) is 3.31.